The highest BCUT2D eigenvalue weighted by atomic mass is 32.1. The molecular formula is C11H11N3O4S. The Labute approximate surface area is 111 Å². The second-order valence-corrected chi connectivity index (χ2v) is 4.97. The van der Waals surface area contributed by atoms with Gasteiger partial charge in [0.05, 0.1) is 10.7 Å². The Kier molecular flexibility index (Phi) is 3.61. The van der Waals surface area contributed by atoms with Crippen LogP contribution in [0.3, 0.4) is 0 Å². The molecule has 0 atom stereocenters. The molecule has 8 heteroatoms. The molecule has 0 aliphatic carbocycles. The van der Waals surface area contributed by atoms with Crippen molar-refractivity contribution in [1.82, 2.24) is 14.5 Å². The fourth-order valence-corrected chi connectivity index (χ4v) is 2.23. The normalized spacial score (nSPS) is 10.6. The Morgan fingerprint density at radius 2 is 2.26 bits per heavy atom. The van der Waals surface area contributed by atoms with Gasteiger partial charge < -0.3 is 5.11 Å². The van der Waals surface area contributed by atoms with Crippen LogP contribution in [0.4, 0.5) is 0 Å². The number of carbonyl (C=O) groups is 1. The summed E-state index contributed by atoms with van der Waals surface area (Å²) in [5.41, 5.74) is -1.13. The van der Waals surface area contributed by atoms with Crippen LogP contribution in [0, 0.1) is 6.92 Å². The zero-order valence-electron chi connectivity index (χ0n) is 10.0. The van der Waals surface area contributed by atoms with E-state index in [9.17, 15) is 14.4 Å². The number of hydrogen-bond donors (Lipinski definition) is 2. The highest BCUT2D eigenvalue weighted by Crippen LogP contribution is 2.08. The van der Waals surface area contributed by atoms with Gasteiger partial charge in [-0.2, -0.15) is 0 Å². The zero-order chi connectivity index (χ0) is 14.0. The van der Waals surface area contributed by atoms with Gasteiger partial charge in [-0.05, 0) is 6.92 Å². The van der Waals surface area contributed by atoms with Gasteiger partial charge in [-0.25, -0.2) is 14.6 Å². The van der Waals surface area contributed by atoms with Crippen LogP contribution < -0.4 is 11.2 Å². The number of rotatable bonds is 4. The minimum Gasteiger partial charge on any atom is -0.477 e. The first kappa shape index (κ1) is 13.2. The number of aromatic amines is 1. The van der Waals surface area contributed by atoms with E-state index in [-0.39, 0.29) is 6.54 Å². The molecule has 0 fully saturated rings. The van der Waals surface area contributed by atoms with E-state index in [1.165, 1.54) is 15.9 Å². The van der Waals surface area contributed by atoms with E-state index in [4.69, 9.17) is 5.11 Å². The van der Waals surface area contributed by atoms with Crippen molar-refractivity contribution in [2.45, 2.75) is 19.9 Å². The van der Waals surface area contributed by atoms with E-state index in [1.807, 2.05) is 17.3 Å². The number of H-pyrrole nitrogens is 1. The molecule has 7 nitrogen and oxygen atoms in total. The van der Waals surface area contributed by atoms with Gasteiger partial charge in [0.15, 0.2) is 0 Å². The summed E-state index contributed by atoms with van der Waals surface area (Å²) in [5, 5.41) is 11.6. The number of carboxylic acid groups (broad SMARTS) is 1. The lowest BCUT2D eigenvalue weighted by atomic mass is 10.3. The predicted molar refractivity (Wildman–Crippen MR) is 68.8 cm³/mol. The van der Waals surface area contributed by atoms with E-state index in [1.54, 1.807) is 0 Å². The fourth-order valence-electron chi connectivity index (χ4n) is 1.59. The van der Waals surface area contributed by atoms with Crippen molar-refractivity contribution in [3.63, 3.8) is 0 Å². The van der Waals surface area contributed by atoms with Crippen LogP contribution in [0.1, 0.15) is 21.1 Å². The average Bonchev–Trinajstić information content (AvgIpc) is 2.73. The Morgan fingerprint density at radius 1 is 1.53 bits per heavy atom. The van der Waals surface area contributed by atoms with Crippen LogP contribution in [0.5, 0.6) is 0 Å². The summed E-state index contributed by atoms with van der Waals surface area (Å²) < 4.78 is 1.17. The first-order chi connectivity index (χ1) is 8.97. The molecular weight excluding hydrogens is 270 g/mol. The molecule has 2 aromatic heterocycles. The second kappa shape index (κ2) is 5.19. The van der Waals surface area contributed by atoms with Gasteiger partial charge >= 0.3 is 11.7 Å². The molecule has 0 aromatic carbocycles. The van der Waals surface area contributed by atoms with Crippen LogP contribution in [0.2, 0.25) is 0 Å². The van der Waals surface area contributed by atoms with Crippen LogP contribution in [0.25, 0.3) is 0 Å². The molecule has 0 spiro atoms. The van der Waals surface area contributed by atoms with E-state index in [0.29, 0.717) is 6.42 Å². The van der Waals surface area contributed by atoms with E-state index in [0.717, 1.165) is 16.9 Å². The van der Waals surface area contributed by atoms with Crippen molar-refractivity contribution in [2.24, 2.45) is 0 Å². The van der Waals surface area contributed by atoms with Gasteiger partial charge in [0, 0.05) is 24.5 Å². The molecule has 2 heterocycles. The van der Waals surface area contributed by atoms with Gasteiger partial charge in [-0.1, -0.05) is 0 Å². The third-order valence-electron chi connectivity index (χ3n) is 2.52. The molecule has 2 N–H and O–H groups in total. The topological polar surface area (TPSA) is 105 Å². The first-order valence-corrected chi connectivity index (χ1v) is 6.33. The predicted octanol–water partition coefficient (Wildman–Crippen LogP) is 0.242. The number of aryl methyl sites for hydroxylation is 3. The summed E-state index contributed by atoms with van der Waals surface area (Å²) in [6.07, 6.45) is 1.55. The summed E-state index contributed by atoms with van der Waals surface area (Å²) >= 11 is 1.50. The Hall–Kier alpha value is -2.22. The van der Waals surface area contributed by atoms with E-state index in [2.05, 4.69) is 4.98 Å². The molecule has 0 aliphatic heterocycles. The van der Waals surface area contributed by atoms with Gasteiger partial charge in [0.25, 0.3) is 5.56 Å². The van der Waals surface area contributed by atoms with Crippen molar-refractivity contribution in [3.05, 3.63) is 48.7 Å². The molecule has 0 radical (unpaired) electrons. The quantitative estimate of drug-likeness (QED) is 0.835. The van der Waals surface area contributed by atoms with Crippen molar-refractivity contribution < 1.29 is 9.90 Å². The maximum absolute atomic E-state index is 11.5. The molecule has 0 saturated heterocycles. The Balaban J connectivity index is 2.25. The minimum atomic E-state index is -1.36. The van der Waals surface area contributed by atoms with Crippen molar-refractivity contribution in [3.8, 4) is 0 Å². The maximum Gasteiger partial charge on any atom is 0.342 e. The molecule has 2 rings (SSSR count). The molecule has 0 saturated carbocycles. The number of thiazole rings is 1. The number of nitrogens with one attached hydrogen (secondary N) is 1. The Morgan fingerprint density at radius 3 is 2.84 bits per heavy atom. The number of aromatic nitrogens is 3. The van der Waals surface area contributed by atoms with Crippen molar-refractivity contribution in [1.29, 1.82) is 0 Å². The first-order valence-electron chi connectivity index (χ1n) is 5.45. The number of nitrogens with zero attached hydrogens (tertiary/aromatic N) is 2. The lowest BCUT2D eigenvalue weighted by Crippen LogP contribution is -2.33. The van der Waals surface area contributed by atoms with Crippen molar-refractivity contribution in [2.75, 3.05) is 0 Å². The summed E-state index contributed by atoms with van der Waals surface area (Å²) in [4.78, 5) is 39.8. The van der Waals surface area contributed by atoms with Crippen LogP contribution in [-0.2, 0) is 13.0 Å². The molecule has 0 bridgehead atoms. The lowest BCUT2D eigenvalue weighted by Gasteiger charge is -2.04. The highest BCUT2D eigenvalue weighted by Gasteiger charge is 2.11. The van der Waals surface area contributed by atoms with Gasteiger partial charge in [0.1, 0.15) is 5.56 Å². The molecule has 0 unspecified atom stereocenters. The summed E-state index contributed by atoms with van der Waals surface area (Å²) in [7, 11) is 0. The lowest BCUT2D eigenvalue weighted by molar-refractivity contribution is 0.0693. The minimum absolute atomic E-state index is 0.263. The third kappa shape index (κ3) is 2.97. The molecule has 0 amide bonds. The third-order valence-corrected chi connectivity index (χ3v) is 3.34. The zero-order valence-corrected chi connectivity index (χ0v) is 10.9. The summed E-state index contributed by atoms with van der Waals surface area (Å²) in [6, 6.07) is 0. The standard InChI is InChI=1S/C11H11N3O4S/c1-6-12-7(5-19-6)2-3-14-4-8(10(16)17)9(15)13-11(14)18/h4-5H,2-3H2,1H3,(H,16,17)(H,13,15,18). The monoisotopic (exact) mass is 281 g/mol. The molecule has 19 heavy (non-hydrogen) atoms. The number of carboxylic acids is 1. The fraction of sp³-hybridized carbons (Fsp3) is 0.273. The number of hydrogen-bond acceptors (Lipinski definition) is 5. The Bertz CT molecular complexity index is 728. The van der Waals surface area contributed by atoms with E-state index < -0.39 is 22.8 Å². The second-order valence-electron chi connectivity index (χ2n) is 3.91. The summed E-state index contributed by atoms with van der Waals surface area (Å²) in [5.74, 6) is -1.36. The smallest absolute Gasteiger partial charge is 0.342 e. The SMILES string of the molecule is Cc1nc(CCn2cc(C(=O)O)c(=O)[nH]c2=O)cs1. The van der Waals surface area contributed by atoms with Gasteiger partial charge in [-0.15, -0.1) is 11.3 Å². The molecule has 0 aliphatic rings. The average molecular weight is 281 g/mol. The van der Waals surface area contributed by atoms with Gasteiger partial charge in [0.2, 0.25) is 0 Å². The van der Waals surface area contributed by atoms with E-state index >= 15 is 0 Å². The maximum atomic E-state index is 11.5. The van der Waals surface area contributed by atoms with Crippen molar-refractivity contribution >= 4 is 17.3 Å². The molecule has 2 aromatic rings. The van der Waals surface area contributed by atoms with Gasteiger partial charge in [-0.3, -0.25) is 14.3 Å². The molecule has 100 valence electrons. The number of aromatic carboxylic acids is 1. The van der Waals surface area contributed by atoms with Crippen LogP contribution >= 0.6 is 11.3 Å². The summed E-state index contributed by atoms with van der Waals surface area (Å²) in [6.45, 7) is 2.14. The van der Waals surface area contributed by atoms with Crippen LogP contribution in [0.15, 0.2) is 21.2 Å². The van der Waals surface area contributed by atoms with Crippen LogP contribution in [-0.4, -0.2) is 25.6 Å². The highest BCUT2D eigenvalue weighted by molar-refractivity contribution is 7.09. The largest absolute Gasteiger partial charge is 0.477 e.